The molecule has 0 atom stereocenters. The number of nitrogens with one attached hydrogen (secondary N) is 3. The molecular weight excluding hydrogens is 574 g/mol. The molecule has 2 amide bonds. The molecule has 0 aliphatic heterocycles. The number of amides is 2. The molecular formula is C30H33N5O5S2. The van der Waals surface area contributed by atoms with Crippen molar-refractivity contribution in [3.8, 4) is 21.0 Å². The van der Waals surface area contributed by atoms with E-state index in [1.54, 1.807) is 83.3 Å². The van der Waals surface area contributed by atoms with Crippen molar-refractivity contribution in [2.24, 2.45) is 0 Å². The Labute approximate surface area is 249 Å². The third-order valence-corrected chi connectivity index (χ3v) is 8.54. The third-order valence-electron chi connectivity index (χ3n) is 5.66. The van der Waals surface area contributed by atoms with Gasteiger partial charge in [0.25, 0.3) is 5.91 Å². The number of sulfonamides is 1. The lowest BCUT2D eigenvalue weighted by molar-refractivity contribution is 0.0950. The molecule has 2 aromatic carbocycles. The molecule has 12 heteroatoms. The highest BCUT2D eigenvalue weighted by Gasteiger charge is 2.26. The summed E-state index contributed by atoms with van der Waals surface area (Å²) >= 11 is 1.35. The molecule has 0 bridgehead atoms. The van der Waals surface area contributed by atoms with E-state index in [9.17, 15) is 18.0 Å². The van der Waals surface area contributed by atoms with Crippen molar-refractivity contribution in [1.82, 2.24) is 20.0 Å². The summed E-state index contributed by atoms with van der Waals surface area (Å²) in [6.07, 6.45) is 3.94. The Bertz CT molecular complexity index is 1660. The second-order valence-corrected chi connectivity index (χ2v) is 13.5. The number of ether oxygens (including phenoxy) is 1. The van der Waals surface area contributed by atoms with Crippen LogP contribution in [0, 0.1) is 0 Å². The van der Waals surface area contributed by atoms with Gasteiger partial charge in [-0.15, -0.1) is 11.3 Å². The highest BCUT2D eigenvalue weighted by molar-refractivity contribution is 7.89. The number of hydrogen-bond donors (Lipinski definition) is 3. The van der Waals surface area contributed by atoms with Gasteiger partial charge < -0.3 is 10.1 Å². The number of carbonyl (C=O) groups excluding carboxylic acids is 2. The molecule has 4 aromatic rings. The van der Waals surface area contributed by atoms with Crippen LogP contribution in [0.5, 0.6) is 0 Å². The van der Waals surface area contributed by atoms with E-state index in [0.717, 1.165) is 5.56 Å². The Hall–Kier alpha value is -4.13. The number of rotatable bonds is 9. The topological polar surface area (TPSA) is 139 Å². The fourth-order valence-corrected chi connectivity index (χ4v) is 6.65. The Balaban J connectivity index is 1.61. The van der Waals surface area contributed by atoms with E-state index in [-0.39, 0.29) is 23.5 Å². The van der Waals surface area contributed by atoms with Crippen LogP contribution >= 0.6 is 11.3 Å². The second kappa shape index (κ2) is 12.8. The Morgan fingerprint density at radius 2 is 1.69 bits per heavy atom. The zero-order valence-corrected chi connectivity index (χ0v) is 25.6. The van der Waals surface area contributed by atoms with Crippen LogP contribution < -0.4 is 15.4 Å². The fraction of sp³-hybridized carbons (Fsp3) is 0.267. The van der Waals surface area contributed by atoms with E-state index in [1.807, 2.05) is 12.1 Å². The molecule has 3 N–H and O–H groups in total. The van der Waals surface area contributed by atoms with Crippen LogP contribution in [0.4, 0.5) is 10.5 Å². The molecule has 0 aliphatic carbocycles. The summed E-state index contributed by atoms with van der Waals surface area (Å²) < 4.78 is 35.0. The minimum absolute atomic E-state index is 0.0893. The highest BCUT2D eigenvalue weighted by Crippen LogP contribution is 2.36. The normalized spacial score (nSPS) is 11.8. The van der Waals surface area contributed by atoms with E-state index in [1.165, 1.54) is 23.7 Å². The quantitative estimate of drug-likeness (QED) is 0.217. The zero-order valence-electron chi connectivity index (χ0n) is 24.0. The average molecular weight is 608 g/mol. The molecule has 2 aromatic heterocycles. The fourth-order valence-electron chi connectivity index (χ4n) is 3.94. The van der Waals surface area contributed by atoms with Gasteiger partial charge in [0.15, 0.2) is 0 Å². The van der Waals surface area contributed by atoms with Gasteiger partial charge in [-0.3, -0.25) is 15.1 Å². The summed E-state index contributed by atoms with van der Waals surface area (Å²) in [7, 11) is -3.94. The van der Waals surface area contributed by atoms with E-state index in [0.29, 0.717) is 32.3 Å². The minimum atomic E-state index is -3.94. The van der Waals surface area contributed by atoms with E-state index >= 15 is 0 Å². The van der Waals surface area contributed by atoms with Crippen LogP contribution in [0.2, 0.25) is 0 Å². The van der Waals surface area contributed by atoms with Crippen molar-refractivity contribution >= 4 is 39.0 Å². The van der Waals surface area contributed by atoms with Crippen molar-refractivity contribution in [2.75, 3.05) is 5.32 Å². The van der Waals surface area contributed by atoms with Crippen molar-refractivity contribution in [3.63, 3.8) is 0 Å². The number of carbonyl (C=O) groups is 2. The third kappa shape index (κ3) is 8.21. The zero-order chi connectivity index (χ0) is 30.5. The van der Waals surface area contributed by atoms with Crippen molar-refractivity contribution < 1.29 is 22.7 Å². The van der Waals surface area contributed by atoms with Gasteiger partial charge in [0, 0.05) is 53.1 Å². The van der Waals surface area contributed by atoms with Gasteiger partial charge in [-0.2, -0.15) is 0 Å². The van der Waals surface area contributed by atoms with E-state index in [2.05, 4.69) is 25.3 Å². The molecule has 0 saturated heterocycles. The lowest BCUT2D eigenvalue weighted by atomic mass is 10.1. The first-order chi connectivity index (χ1) is 19.8. The SMILES string of the molecule is CC(C)OC(=O)Nc1ccc(-c2ncc(-c3ccc(CNC(=O)c4ccncc4)cc3S(=O)(=O)NC(C)(C)C)s2)cc1. The predicted molar refractivity (Wildman–Crippen MR) is 164 cm³/mol. The second-order valence-electron chi connectivity index (χ2n) is 10.8. The summed E-state index contributed by atoms with van der Waals surface area (Å²) in [6.45, 7) is 9.00. The molecule has 0 saturated carbocycles. The smallest absolute Gasteiger partial charge is 0.411 e. The van der Waals surface area contributed by atoms with Gasteiger partial charge in [0.2, 0.25) is 10.0 Å². The van der Waals surface area contributed by atoms with E-state index in [4.69, 9.17) is 4.74 Å². The Kier molecular flexibility index (Phi) is 9.40. The van der Waals surface area contributed by atoms with Crippen LogP contribution in [0.25, 0.3) is 21.0 Å². The van der Waals surface area contributed by atoms with Crippen molar-refractivity contribution in [2.45, 2.75) is 57.7 Å². The molecule has 2 heterocycles. The number of benzene rings is 2. The number of thiazole rings is 1. The van der Waals surface area contributed by atoms with Crippen LogP contribution in [0.15, 0.2) is 78.1 Å². The maximum absolute atomic E-state index is 13.6. The minimum Gasteiger partial charge on any atom is -0.447 e. The highest BCUT2D eigenvalue weighted by atomic mass is 32.2. The molecule has 220 valence electrons. The largest absolute Gasteiger partial charge is 0.447 e. The van der Waals surface area contributed by atoms with Crippen LogP contribution in [-0.4, -0.2) is 42.0 Å². The maximum Gasteiger partial charge on any atom is 0.411 e. The van der Waals surface area contributed by atoms with Gasteiger partial charge in [0.05, 0.1) is 15.9 Å². The van der Waals surface area contributed by atoms with Crippen molar-refractivity contribution in [1.29, 1.82) is 0 Å². The molecule has 0 aliphatic rings. The first-order valence-electron chi connectivity index (χ1n) is 13.2. The predicted octanol–water partition coefficient (Wildman–Crippen LogP) is 5.84. The number of pyridine rings is 1. The summed E-state index contributed by atoms with van der Waals surface area (Å²) in [5, 5.41) is 6.19. The number of anilines is 1. The van der Waals surface area contributed by atoms with Gasteiger partial charge in [-0.1, -0.05) is 12.1 Å². The van der Waals surface area contributed by atoms with Crippen LogP contribution in [0.3, 0.4) is 0 Å². The molecule has 42 heavy (non-hydrogen) atoms. The number of nitrogens with zero attached hydrogens (tertiary/aromatic N) is 2. The summed E-state index contributed by atoms with van der Waals surface area (Å²) in [5.41, 5.74) is 2.25. The molecule has 0 fully saturated rings. The molecule has 0 spiro atoms. The van der Waals surface area contributed by atoms with Gasteiger partial charge >= 0.3 is 6.09 Å². The lowest BCUT2D eigenvalue weighted by Gasteiger charge is -2.22. The molecule has 10 nitrogen and oxygen atoms in total. The van der Waals surface area contributed by atoms with Gasteiger partial charge in [0.1, 0.15) is 5.01 Å². The number of hydrogen-bond acceptors (Lipinski definition) is 8. The summed E-state index contributed by atoms with van der Waals surface area (Å²) in [6, 6.07) is 15.4. The Morgan fingerprint density at radius 1 is 1.00 bits per heavy atom. The standard InChI is InChI=1S/C30H33N5O5S2/c1-19(2)40-29(37)34-23-9-7-22(8-10-23)28-33-18-25(41-28)24-11-6-20(16-26(24)42(38,39)35-30(3,4)5)17-32-27(36)21-12-14-31-15-13-21/h6-16,18-19,35H,17H2,1-5H3,(H,32,36)(H,34,37). The average Bonchev–Trinajstić information content (AvgIpc) is 3.41. The summed E-state index contributed by atoms with van der Waals surface area (Å²) in [4.78, 5) is 33.6. The van der Waals surface area contributed by atoms with Crippen LogP contribution in [0.1, 0.15) is 50.5 Å². The summed E-state index contributed by atoms with van der Waals surface area (Å²) in [5.74, 6) is -0.288. The lowest BCUT2D eigenvalue weighted by Crippen LogP contribution is -2.40. The van der Waals surface area contributed by atoms with Gasteiger partial charge in [-0.25, -0.2) is 22.9 Å². The molecule has 4 rings (SSSR count). The molecule has 0 radical (unpaired) electrons. The van der Waals surface area contributed by atoms with Crippen molar-refractivity contribution in [3.05, 3.63) is 84.3 Å². The van der Waals surface area contributed by atoms with Gasteiger partial charge in [-0.05, 0) is 82.6 Å². The Morgan fingerprint density at radius 3 is 2.33 bits per heavy atom. The first kappa shape index (κ1) is 30.8. The maximum atomic E-state index is 13.6. The van der Waals surface area contributed by atoms with Crippen LogP contribution in [-0.2, 0) is 21.3 Å². The monoisotopic (exact) mass is 607 g/mol. The first-order valence-corrected chi connectivity index (χ1v) is 15.5. The number of aromatic nitrogens is 2. The van der Waals surface area contributed by atoms with E-state index < -0.39 is 21.7 Å². The molecule has 0 unspecified atom stereocenters.